The Labute approximate surface area is 53.8 Å². The Morgan fingerprint density at radius 3 is 1.67 bits per heavy atom. The summed E-state index contributed by atoms with van der Waals surface area (Å²) >= 11 is 0. The minimum Gasteiger partial charge on any atom is -0.229 e. The number of nitrogens with one attached hydrogen (secondary N) is 1. The highest BCUT2D eigenvalue weighted by Gasteiger charge is 2.14. The number of hydrogen-bond acceptors (Lipinski definition) is 3. The first-order valence-electron chi connectivity index (χ1n) is 2.10. The number of hydrogen-bond donors (Lipinski definition) is 3. The summed E-state index contributed by atoms with van der Waals surface area (Å²) in [5.41, 5.74) is 0. The molecule has 0 spiro atoms. The lowest BCUT2D eigenvalue weighted by atomic mass is 11.2. The van der Waals surface area contributed by atoms with Gasteiger partial charge in [-0.3, -0.25) is 0 Å². The summed E-state index contributed by atoms with van der Waals surface area (Å²) < 4.78 is 19.8. The van der Waals surface area contributed by atoms with Gasteiger partial charge in [-0.15, -0.1) is 0 Å². The van der Waals surface area contributed by atoms with Crippen LogP contribution in [0.5, 0.6) is 0 Å². The molecule has 0 aromatic heterocycles. The predicted molar refractivity (Wildman–Crippen MR) is 32.5 cm³/mol. The largest absolute Gasteiger partial charge is 0.521 e. The molecule has 0 saturated carbocycles. The van der Waals surface area contributed by atoms with E-state index in [9.17, 15) is 9.13 Å². The molecule has 0 fully saturated rings. The van der Waals surface area contributed by atoms with Crippen molar-refractivity contribution in [1.82, 2.24) is 5.32 Å². The lowest BCUT2D eigenvalue weighted by Gasteiger charge is -1.78. The maximum absolute atomic E-state index is 9.89. The molecule has 9 heavy (non-hydrogen) atoms. The van der Waals surface area contributed by atoms with Crippen molar-refractivity contribution in [1.29, 1.82) is 0 Å². The standard InChI is InChI=1S/C2H5NO4P2/c4-8(5)1-3-2-9(6)7/h3H,1-2H2/p+2. The van der Waals surface area contributed by atoms with Crippen LogP contribution in [-0.2, 0) is 9.13 Å². The highest BCUT2D eigenvalue weighted by molar-refractivity contribution is 7.39. The molecular formula is C2H7NO4P2+2. The molecule has 2 unspecified atom stereocenters. The van der Waals surface area contributed by atoms with Gasteiger partial charge in [0.2, 0.25) is 12.6 Å². The zero-order valence-electron chi connectivity index (χ0n) is 4.52. The van der Waals surface area contributed by atoms with Crippen LogP contribution in [0.3, 0.4) is 0 Å². The van der Waals surface area contributed by atoms with Gasteiger partial charge in [-0.25, -0.2) is 5.32 Å². The van der Waals surface area contributed by atoms with E-state index < -0.39 is 16.1 Å². The van der Waals surface area contributed by atoms with Crippen LogP contribution in [0.1, 0.15) is 0 Å². The molecule has 0 aliphatic heterocycles. The van der Waals surface area contributed by atoms with Crippen molar-refractivity contribution in [2.45, 2.75) is 0 Å². The zero-order chi connectivity index (χ0) is 7.28. The van der Waals surface area contributed by atoms with Gasteiger partial charge in [0.15, 0.2) is 0 Å². The molecule has 5 nitrogen and oxygen atoms in total. The third kappa shape index (κ3) is 8.08. The molecule has 0 saturated heterocycles. The summed E-state index contributed by atoms with van der Waals surface area (Å²) in [5.74, 6) is 0. The first-order chi connectivity index (χ1) is 4.13. The Morgan fingerprint density at radius 2 is 1.44 bits per heavy atom. The van der Waals surface area contributed by atoms with Crippen molar-refractivity contribution < 1.29 is 18.9 Å². The average Bonchev–Trinajstić information content (AvgIpc) is 1.63. The fourth-order valence-corrected chi connectivity index (χ4v) is 1.02. The summed E-state index contributed by atoms with van der Waals surface area (Å²) in [6.45, 7) is 0. The third-order valence-corrected chi connectivity index (χ3v) is 1.48. The van der Waals surface area contributed by atoms with E-state index in [1.165, 1.54) is 0 Å². The van der Waals surface area contributed by atoms with E-state index in [2.05, 4.69) is 5.32 Å². The maximum atomic E-state index is 9.89. The summed E-state index contributed by atoms with van der Waals surface area (Å²) in [4.78, 5) is 16.3. The highest BCUT2D eigenvalue weighted by atomic mass is 31.1. The zero-order valence-corrected chi connectivity index (χ0v) is 6.31. The minimum absolute atomic E-state index is 0.128. The molecule has 0 rings (SSSR count). The Kier molecular flexibility index (Phi) is 4.96. The van der Waals surface area contributed by atoms with Crippen LogP contribution in [0.2, 0.25) is 0 Å². The molecule has 2 atom stereocenters. The minimum atomic E-state index is -2.23. The van der Waals surface area contributed by atoms with Crippen LogP contribution < -0.4 is 5.32 Å². The molecule has 7 heteroatoms. The first-order valence-corrected chi connectivity index (χ1v) is 4.90. The molecular weight excluding hydrogens is 164 g/mol. The second-order valence-electron chi connectivity index (χ2n) is 1.27. The summed E-state index contributed by atoms with van der Waals surface area (Å²) in [7, 11) is -4.46. The van der Waals surface area contributed by atoms with Crippen LogP contribution in [0, 0.1) is 0 Å². The highest BCUT2D eigenvalue weighted by Crippen LogP contribution is 2.12. The Balaban J connectivity index is 3.10. The van der Waals surface area contributed by atoms with E-state index in [4.69, 9.17) is 9.79 Å². The Bertz CT molecular complexity index is 112. The van der Waals surface area contributed by atoms with E-state index in [0.717, 1.165) is 0 Å². The van der Waals surface area contributed by atoms with Crippen LogP contribution in [0.15, 0.2) is 0 Å². The van der Waals surface area contributed by atoms with Crippen LogP contribution in [0.4, 0.5) is 0 Å². The van der Waals surface area contributed by atoms with Gasteiger partial charge < -0.3 is 0 Å². The maximum Gasteiger partial charge on any atom is 0.521 e. The molecule has 0 radical (unpaired) electrons. The molecule has 0 amide bonds. The Hall–Kier alpha value is 0.0800. The molecule has 0 aliphatic carbocycles. The lowest BCUT2D eigenvalue weighted by Crippen LogP contribution is -2.10. The lowest BCUT2D eigenvalue weighted by molar-refractivity contribution is 0.491. The van der Waals surface area contributed by atoms with Crippen molar-refractivity contribution >= 4 is 16.1 Å². The monoisotopic (exact) mass is 171 g/mol. The van der Waals surface area contributed by atoms with E-state index in [-0.39, 0.29) is 12.6 Å². The molecule has 0 aromatic rings. The molecule has 0 bridgehead atoms. The normalized spacial score (nSPS) is 13.1. The molecule has 0 heterocycles. The van der Waals surface area contributed by atoms with Gasteiger partial charge in [0.05, 0.1) is 0 Å². The van der Waals surface area contributed by atoms with Crippen molar-refractivity contribution in [2.75, 3.05) is 12.6 Å². The Morgan fingerprint density at radius 1 is 1.11 bits per heavy atom. The molecule has 0 aliphatic rings. The predicted octanol–water partition coefficient (Wildman–Crippen LogP) is -0.0396. The van der Waals surface area contributed by atoms with Crippen molar-refractivity contribution in [3.63, 3.8) is 0 Å². The van der Waals surface area contributed by atoms with Gasteiger partial charge in [-0.2, -0.15) is 9.79 Å². The van der Waals surface area contributed by atoms with E-state index >= 15 is 0 Å². The van der Waals surface area contributed by atoms with Crippen LogP contribution in [0.25, 0.3) is 0 Å². The van der Waals surface area contributed by atoms with Crippen molar-refractivity contribution in [3.8, 4) is 0 Å². The fourth-order valence-electron chi connectivity index (χ4n) is 0.241. The van der Waals surface area contributed by atoms with Gasteiger partial charge >= 0.3 is 16.1 Å². The summed E-state index contributed by atoms with van der Waals surface area (Å²) in [5, 5.41) is 2.32. The summed E-state index contributed by atoms with van der Waals surface area (Å²) in [6, 6.07) is 0. The van der Waals surface area contributed by atoms with E-state index in [1.54, 1.807) is 0 Å². The van der Waals surface area contributed by atoms with E-state index in [1.807, 2.05) is 0 Å². The van der Waals surface area contributed by atoms with Crippen LogP contribution >= 0.6 is 16.1 Å². The average molecular weight is 171 g/mol. The molecule has 0 aromatic carbocycles. The smallest absolute Gasteiger partial charge is 0.229 e. The summed E-state index contributed by atoms with van der Waals surface area (Å²) in [6.07, 6.45) is -0.256. The van der Waals surface area contributed by atoms with Crippen molar-refractivity contribution in [3.05, 3.63) is 0 Å². The van der Waals surface area contributed by atoms with Gasteiger partial charge in [0.1, 0.15) is 0 Å². The molecule has 52 valence electrons. The van der Waals surface area contributed by atoms with Gasteiger partial charge in [0, 0.05) is 0 Å². The second-order valence-corrected chi connectivity index (χ2v) is 3.31. The molecule has 3 N–H and O–H groups in total. The quantitative estimate of drug-likeness (QED) is 0.516. The first kappa shape index (κ1) is 9.08. The number of rotatable bonds is 4. The fraction of sp³-hybridized carbons (Fsp3) is 1.00. The van der Waals surface area contributed by atoms with E-state index in [0.29, 0.717) is 0 Å². The van der Waals surface area contributed by atoms with Gasteiger partial charge in [0.25, 0.3) is 0 Å². The SMILES string of the molecule is O=[P+](O)CNC[P+](=O)O. The second kappa shape index (κ2) is 4.91. The van der Waals surface area contributed by atoms with Crippen LogP contribution in [-0.4, -0.2) is 22.4 Å². The van der Waals surface area contributed by atoms with Gasteiger partial charge in [-0.05, 0) is 9.13 Å². The van der Waals surface area contributed by atoms with Gasteiger partial charge in [-0.1, -0.05) is 0 Å². The topological polar surface area (TPSA) is 86.6 Å². The third-order valence-electron chi connectivity index (χ3n) is 0.494. The van der Waals surface area contributed by atoms with Crippen molar-refractivity contribution in [2.24, 2.45) is 0 Å².